The van der Waals surface area contributed by atoms with Crippen molar-refractivity contribution in [3.8, 4) is 6.07 Å². The zero-order valence-electron chi connectivity index (χ0n) is 25.9. The van der Waals surface area contributed by atoms with Crippen LogP contribution in [0, 0.1) is 29.6 Å². The highest BCUT2D eigenvalue weighted by atomic mass is 35.5. The van der Waals surface area contributed by atoms with Crippen molar-refractivity contribution in [1.82, 2.24) is 9.97 Å². The van der Waals surface area contributed by atoms with Gasteiger partial charge >= 0.3 is 7.12 Å². The first-order chi connectivity index (χ1) is 19.2. The van der Waals surface area contributed by atoms with Crippen molar-refractivity contribution in [2.75, 3.05) is 23.8 Å². The second-order valence-electron chi connectivity index (χ2n) is 13.8. The zero-order valence-corrected chi connectivity index (χ0v) is 27.6. The lowest BCUT2D eigenvalue weighted by Crippen LogP contribution is -2.50. The third-order valence-corrected chi connectivity index (χ3v) is 13.4. The van der Waals surface area contributed by atoms with Gasteiger partial charge < -0.3 is 24.4 Å². The number of aryl methyl sites for hydroxylation is 1. The highest BCUT2D eigenvalue weighted by Gasteiger charge is 2.39. The largest absolute Gasteiger partial charge is 0.494 e. The molecule has 1 unspecified atom stereocenters. The van der Waals surface area contributed by atoms with Crippen molar-refractivity contribution in [2.45, 2.75) is 98.0 Å². The Bertz CT molecular complexity index is 1270. The summed E-state index contributed by atoms with van der Waals surface area (Å²) in [7, 11) is -2.45. The minimum Gasteiger partial charge on any atom is -0.413 e. The maximum Gasteiger partial charge on any atom is 0.494 e. The molecular formula is C30H45BClN5O3Si. The van der Waals surface area contributed by atoms with Gasteiger partial charge in [0.15, 0.2) is 14.1 Å². The summed E-state index contributed by atoms with van der Waals surface area (Å²) in [5.41, 5.74) is 3.90. The van der Waals surface area contributed by atoms with Crippen LogP contribution in [0.2, 0.25) is 23.2 Å². The van der Waals surface area contributed by atoms with E-state index in [4.69, 9.17) is 25.3 Å². The third-order valence-electron chi connectivity index (χ3n) is 8.61. The summed E-state index contributed by atoms with van der Waals surface area (Å²) in [5, 5.41) is 16.9. The van der Waals surface area contributed by atoms with Gasteiger partial charge in [-0.25, -0.2) is 4.98 Å². The number of nitrogens with one attached hydrogen (secondary N) is 2. The Hall–Kier alpha value is -2.16. The summed E-state index contributed by atoms with van der Waals surface area (Å²) in [6.45, 7) is 19.3. The number of hydrogen-bond donors (Lipinski definition) is 2. The molecule has 2 heterocycles. The third kappa shape index (κ3) is 7.82. The molecule has 1 aromatic heterocycles. The quantitative estimate of drug-likeness (QED) is 0.315. The summed E-state index contributed by atoms with van der Waals surface area (Å²) in [6.07, 6.45) is 5.56. The molecular weight excluding hydrogens is 553 g/mol. The van der Waals surface area contributed by atoms with Crippen LogP contribution in [0.3, 0.4) is 0 Å². The topological polar surface area (TPSA) is 101 Å². The Balaban J connectivity index is 1.61. The molecule has 0 spiro atoms. The number of benzene rings is 1. The zero-order chi connectivity index (χ0) is 30.0. The molecule has 0 amide bonds. The Kier molecular flexibility index (Phi) is 9.77. The maximum absolute atomic E-state index is 9.60. The summed E-state index contributed by atoms with van der Waals surface area (Å²) in [5.74, 6) is 0.911. The highest BCUT2D eigenvalue weighted by molar-refractivity contribution is 6.74. The molecule has 2 atom stereocenters. The van der Waals surface area contributed by atoms with E-state index < -0.39 is 15.4 Å². The first kappa shape index (κ1) is 31.8. The first-order valence-electron chi connectivity index (χ1n) is 14.7. The molecule has 41 heavy (non-hydrogen) atoms. The summed E-state index contributed by atoms with van der Waals surface area (Å²) in [6, 6.07) is 6.61. The van der Waals surface area contributed by atoms with E-state index in [1.807, 2.05) is 0 Å². The van der Waals surface area contributed by atoms with Gasteiger partial charge in [0.05, 0.1) is 24.8 Å². The van der Waals surface area contributed by atoms with E-state index in [0.717, 1.165) is 48.0 Å². The van der Waals surface area contributed by atoms with Crippen molar-refractivity contribution < 1.29 is 13.7 Å². The smallest absolute Gasteiger partial charge is 0.413 e. The maximum atomic E-state index is 9.60. The van der Waals surface area contributed by atoms with E-state index in [-0.39, 0.29) is 22.4 Å². The van der Waals surface area contributed by atoms with Crippen molar-refractivity contribution in [2.24, 2.45) is 11.3 Å². The van der Waals surface area contributed by atoms with Gasteiger partial charge in [0.2, 0.25) is 5.95 Å². The van der Waals surface area contributed by atoms with Gasteiger partial charge in [0.1, 0.15) is 5.02 Å². The molecule has 1 aliphatic carbocycles. The monoisotopic (exact) mass is 597 g/mol. The second kappa shape index (κ2) is 12.6. The Morgan fingerprint density at radius 1 is 1.20 bits per heavy atom. The molecule has 222 valence electrons. The number of rotatable bonds is 8. The fraction of sp³-hybridized carbons (Fsp3) is 0.633. The van der Waals surface area contributed by atoms with Crippen molar-refractivity contribution >= 4 is 50.0 Å². The minimum atomic E-state index is -2.01. The van der Waals surface area contributed by atoms with Crippen LogP contribution in [0.4, 0.5) is 17.5 Å². The van der Waals surface area contributed by atoms with Crippen LogP contribution < -0.4 is 16.1 Å². The van der Waals surface area contributed by atoms with Gasteiger partial charge in [-0.3, -0.25) is 0 Å². The average molecular weight is 598 g/mol. The fourth-order valence-corrected chi connectivity index (χ4v) is 6.12. The number of nitriles is 1. The number of hydrogen-bond acceptors (Lipinski definition) is 8. The number of nitrogens with zero attached hydrogens (tertiary/aromatic N) is 3. The molecule has 1 aliphatic heterocycles. The summed E-state index contributed by atoms with van der Waals surface area (Å²) >= 11 is 6.47. The molecule has 2 aromatic rings. The molecule has 2 N–H and O–H groups in total. The van der Waals surface area contributed by atoms with E-state index in [0.29, 0.717) is 36.6 Å². The normalized spacial score (nSPS) is 21.3. The van der Waals surface area contributed by atoms with Crippen LogP contribution in [0.15, 0.2) is 18.3 Å². The molecule has 2 fully saturated rings. The summed E-state index contributed by atoms with van der Waals surface area (Å²) in [4.78, 5) is 9.13. The highest BCUT2D eigenvalue weighted by Crippen LogP contribution is 2.37. The van der Waals surface area contributed by atoms with Gasteiger partial charge in [-0.2, -0.15) is 10.2 Å². The Morgan fingerprint density at radius 3 is 2.54 bits per heavy atom. The van der Waals surface area contributed by atoms with Crippen LogP contribution in [-0.4, -0.2) is 44.7 Å². The number of aromatic nitrogens is 2. The molecule has 4 rings (SSSR count). The number of halogens is 1. The Labute approximate surface area is 252 Å². The van der Waals surface area contributed by atoms with Crippen molar-refractivity contribution in [3.05, 3.63) is 34.5 Å². The van der Waals surface area contributed by atoms with Gasteiger partial charge in [-0.05, 0) is 66.6 Å². The first-order valence-corrected chi connectivity index (χ1v) is 17.9. The average Bonchev–Trinajstić information content (AvgIpc) is 2.89. The van der Waals surface area contributed by atoms with E-state index in [2.05, 4.69) is 93.4 Å². The standard InChI is InChI=1S/C30H45BClN5O3Si/c1-20-13-23(35-28-34-16-24(32)27(37-28)36-25-12-10-9-11-21(25)15-33)14-22(17-40-41(7,8)29(2,3)4)26(20)31-38-18-30(5,6)19-39-31/h13-14,16,21,25H,9-12,17-19H2,1-8H3,(H2,34,35,36,37)/t21?,25-/m0/s1. The molecule has 8 nitrogen and oxygen atoms in total. The molecule has 0 bridgehead atoms. The van der Waals surface area contributed by atoms with E-state index in [1.165, 1.54) is 0 Å². The van der Waals surface area contributed by atoms with Gasteiger partial charge in [-0.15, -0.1) is 0 Å². The molecule has 1 saturated carbocycles. The predicted molar refractivity (Wildman–Crippen MR) is 170 cm³/mol. The minimum absolute atomic E-state index is 0.0216. The fourth-order valence-electron chi connectivity index (χ4n) is 5.03. The van der Waals surface area contributed by atoms with E-state index in [9.17, 15) is 5.26 Å². The van der Waals surface area contributed by atoms with Crippen LogP contribution >= 0.6 is 11.6 Å². The number of anilines is 3. The lowest BCUT2D eigenvalue weighted by molar-refractivity contribution is 0.0341. The lowest BCUT2D eigenvalue weighted by atomic mass is 9.71. The van der Waals surface area contributed by atoms with Crippen LogP contribution in [0.5, 0.6) is 0 Å². The molecule has 2 aliphatic rings. The second-order valence-corrected chi connectivity index (χ2v) is 19.0. The molecule has 0 radical (unpaired) electrons. The summed E-state index contributed by atoms with van der Waals surface area (Å²) < 4.78 is 19.1. The van der Waals surface area contributed by atoms with Gasteiger partial charge in [-0.1, -0.05) is 59.1 Å². The van der Waals surface area contributed by atoms with Crippen molar-refractivity contribution in [3.63, 3.8) is 0 Å². The van der Waals surface area contributed by atoms with Crippen LogP contribution in [0.25, 0.3) is 0 Å². The van der Waals surface area contributed by atoms with Crippen molar-refractivity contribution in [1.29, 1.82) is 5.26 Å². The predicted octanol–water partition coefficient (Wildman–Crippen LogP) is 6.97. The lowest BCUT2D eigenvalue weighted by Gasteiger charge is -2.37. The van der Waals surface area contributed by atoms with Crippen LogP contribution in [-0.2, 0) is 20.3 Å². The Morgan fingerprint density at radius 2 is 1.88 bits per heavy atom. The van der Waals surface area contributed by atoms with E-state index >= 15 is 0 Å². The molecule has 11 heteroatoms. The molecule has 1 aromatic carbocycles. The van der Waals surface area contributed by atoms with Crippen LogP contribution in [0.1, 0.15) is 71.4 Å². The van der Waals surface area contributed by atoms with Gasteiger partial charge in [0.25, 0.3) is 0 Å². The van der Waals surface area contributed by atoms with E-state index in [1.54, 1.807) is 6.20 Å². The SMILES string of the molecule is Cc1cc(Nc2ncc(Cl)c(N[C@H]3CCCCC3C#N)n2)cc(CO[Si](C)(C)C(C)(C)C)c1B1OCC(C)(C)CO1. The molecule has 1 saturated heterocycles. The van der Waals surface area contributed by atoms with Gasteiger partial charge in [0, 0.05) is 30.4 Å².